The van der Waals surface area contributed by atoms with Crippen molar-refractivity contribution < 1.29 is 18.7 Å². The van der Waals surface area contributed by atoms with Gasteiger partial charge < -0.3 is 10.5 Å². The zero-order valence-electron chi connectivity index (χ0n) is 14.3. The van der Waals surface area contributed by atoms with Crippen LogP contribution in [0.15, 0.2) is 42.5 Å². The summed E-state index contributed by atoms with van der Waals surface area (Å²) in [7, 11) is 0. The Labute approximate surface area is 170 Å². The third-order valence-corrected chi connectivity index (χ3v) is 4.81. The smallest absolute Gasteiger partial charge is 0.405 e. The van der Waals surface area contributed by atoms with Gasteiger partial charge in [0.1, 0.15) is 11.4 Å². The van der Waals surface area contributed by atoms with E-state index in [1.807, 2.05) is 0 Å². The largest absolute Gasteiger partial charge is 0.444 e. The average molecular weight is 490 g/mol. The van der Waals surface area contributed by atoms with Crippen LogP contribution in [0, 0.1) is 9.39 Å². The zero-order valence-corrected chi connectivity index (χ0v) is 17.2. The first kappa shape index (κ1) is 20.6. The number of primary amides is 1. The summed E-state index contributed by atoms with van der Waals surface area (Å²) in [5.41, 5.74) is 4.69. The minimum atomic E-state index is -1.05. The summed E-state index contributed by atoms with van der Waals surface area (Å²) in [5, 5.41) is 0.236. The van der Waals surface area contributed by atoms with Gasteiger partial charge in [-0.2, -0.15) is 0 Å². The quantitative estimate of drug-likeness (QED) is 0.441. The van der Waals surface area contributed by atoms with Gasteiger partial charge in [-0.3, -0.25) is 4.79 Å². The highest BCUT2D eigenvalue weighted by molar-refractivity contribution is 14.1. The van der Waals surface area contributed by atoms with E-state index in [2.05, 4.69) is 22.6 Å². The summed E-state index contributed by atoms with van der Waals surface area (Å²) >= 11 is 7.96. The Morgan fingerprint density at radius 3 is 2.38 bits per heavy atom. The Morgan fingerprint density at radius 1 is 1.23 bits per heavy atom. The van der Waals surface area contributed by atoms with Crippen molar-refractivity contribution >= 4 is 46.1 Å². The number of hydrogen-bond acceptors (Lipinski definition) is 3. The number of ether oxygens (including phenoxy) is 1. The van der Waals surface area contributed by atoms with Crippen molar-refractivity contribution in [3.63, 3.8) is 0 Å². The summed E-state index contributed by atoms with van der Waals surface area (Å²) in [6, 6.07) is 11.1. The van der Waals surface area contributed by atoms with E-state index >= 15 is 0 Å². The van der Waals surface area contributed by atoms with Gasteiger partial charge in [0.2, 0.25) is 0 Å². The van der Waals surface area contributed by atoms with Crippen LogP contribution in [0.5, 0.6) is 0 Å². The van der Waals surface area contributed by atoms with Gasteiger partial charge in [0, 0.05) is 20.6 Å². The van der Waals surface area contributed by atoms with Crippen LogP contribution < -0.4 is 5.73 Å². The number of amides is 1. The predicted molar refractivity (Wildman–Crippen MR) is 107 cm³/mol. The van der Waals surface area contributed by atoms with Crippen LogP contribution in [0.3, 0.4) is 0 Å². The van der Waals surface area contributed by atoms with Gasteiger partial charge in [-0.05, 0) is 66.3 Å². The maximum absolute atomic E-state index is 14.5. The Hall–Kier alpha value is -1.67. The van der Waals surface area contributed by atoms with Gasteiger partial charge >= 0.3 is 6.09 Å². The molecule has 1 unspecified atom stereocenters. The lowest BCUT2D eigenvalue weighted by molar-refractivity contribution is 0.0323. The van der Waals surface area contributed by atoms with Gasteiger partial charge in [0.15, 0.2) is 5.78 Å². The first-order chi connectivity index (χ1) is 12.1. The number of Topliss-reactive ketones (excluding diaryl/α,β-unsaturated/α-hetero) is 1. The highest BCUT2D eigenvalue weighted by Crippen LogP contribution is 2.34. The number of carbonyl (C=O) groups is 2. The van der Waals surface area contributed by atoms with Crippen molar-refractivity contribution in [2.24, 2.45) is 5.73 Å². The van der Waals surface area contributed by atoms with Crippen molar-refractivity contribution in [2.45, 2.75) is 31.8 Å². The lowest BCUT2D eigenvalue weighted by Gasteiger charge is -2.29. The van der Waals surface area contributed by atoms with E-state index in [0.29, 0.717) is 5.56 Å². The molecular weight excluding hydrogens is 472 g/mol. The minimum Gasteiger partial charge on any atom is -0.444 e. The fourth-order valence-corrected chi connectivity index (χ4v) is 3.27. The molecule has 2 N–H and O–H groups in total. The Morgan fingerprint density at radius 2 is 1.85 bits per heavy atom. The molecule has 0 aliphatic rings. The highest BCUT2D eigenvalue weighted by atomic mass is 127. The molecule has 2 aromatic rings. The SMILES string of the molecule is CC(C)(CC(C(=O)c1ccc(I)cc1)c1ccc(Cl)cc1F)OC(N)=O. The van der Waals surface area contributed by atoms with E-state index in [0.717, 1.165) is 9.64 Å². The van der Waals surface area contributed by atoms with Crippen LogP contribution in [0.4, 0.5) is 9.18 Å². The lowest BCUT2D eigenvalue weighted by atomic mass is 9.82. The number of halogens is 3. The van der Waals surface area contributed by atoms with Crippen LogP contribution in [-0.2, 0) is 4.74 Å². The lowest BCUT2D eigenvalue weighted by Crippen LogP contribution is -2.34. The molecule has 0 heterocycles. The number of rotatable bonds is 6. The summed E-state index contributed by atoms with van der Waals surface area (Å²) in [4.78, 5) is 24.2. The fourth-order valence-electron chi connectivity index (χ4n) is 2.75. The molecular formula is C19H18ClFINO3. The normalized spacial score (nSPS) is 12.5. The number of benzene rings is 2. The third-order valence-electron chi connectivity index (χ3n) is 3.86. The van der Waals surface area contributed by atoms with E-state index < -0.39 is 23.4 Å². The second-order valence-corrected chi connectivity index (χ2v) is 8.16. The standard InChI is InChI=1S/C19H18ClFINO3/c1-19(2,26-18(23)25)10-15(14-8-5-12(20)9-16(14)21)17(24)11-3-6-13(22)7-4-11/h3-9,15H,10H2,1-2H3,(H2,23,25). The molecule has 7 heteroatoms. The zero-order chi connectivity index (χ0) is 19.5. The minimum absolute atomic E-state index is 0.0688. The first-order valence-electron chi connectivity index (χ1n) is 7.82. The molecule has 0 saturated heterocycles. The molecule has 2 aromatic carbocycles. The molecule has 26 heavy (non-hydrogen) atoms. The van der Waals surface area contributed by atoms with E-state index in [9.17, 15) is 14.0 Å². The van der Waals surface area contributed by atoms with Crippen molar-refractivity contribution in [3.05, 3.63) is 68.0 Å². The van der Waals surface area contributed by atoms with E-state index in [-0.39, 0.29) is 22.8 Å². The molecule has 0 fully saturated rings. The van der Waals surface area contributed by atoms with Crippen molar-refractivity contribution in [2.75, 3.05) is 0 Å². The second-order valence-electron chi connectivity index (χ2n) is 6.47. The van der Waals surface area contributed by atoms with Crippen molar-refractivity contribution in [1.29, 1.82) is 0 Å². The molecule has 0 aliphatic carbocycles. The average Bonchev–Trinajstić information content (AvgIpc) is 2.52. The molecule has 0 saturated carbocycles. The van der Waals surface area contributed by atoms with Crippen LogP contribution in [0.1, 0.15) is 42.1 Å². The first-order valence-corrected chi connectivity index (χ1v) is 9.28. The molecule has 0 aromatic heterocycles. The molecule has 0 aliphatic heterocycles. The van der Waals surface area contributed by atoms with E-state index in [1.165, 1.54) is 12.1 Å². The molecule has 1 amide bonds. The number of hydrogen-bond donors (Lipinski definition) is 1. The Balaban J connectivity index is 2.45. The Bertz CT molecular complexity index is 824. The van der Waals surface area contributed by atoms with Gasteiger partial charge in [-0.15, -0.1) is 0 Å². The maximum Gasteiger partial charge on any atom is 0.405 e. The monoisotopic (exact) mass is 489 g/mol. The number of carbonyl (C=O) groups excluding carboxylic acids is 2. The van der Waals surface area contributed by atoms with E-state index in [4.69, 9.17) is 22.1 Å². The summed E-state index contributed by atoms with van der Waals surface area (Å²) in [6.45, 7) is 3.25. The van der Waals surface area contributed by atoms with E-state index in [1.54, 1.807) is 38.1 Å². The summed E-state index contributed by atoms with van der Waals surface area (Å²) in [5.74, 6) is -1.72. The van der Waals surface area contributed by atoms with Crippen molar-refractivity contribution in [1.82, 2.24) is 0 Å². The van der Waals surface area contributed by atoms with Crippen LogP contribution in [0.25, 0.3) is 0 Å². The van der Waals surface area contributed by atoms with Crippen LogP contribution >= 0.6 is 34.2 Å². The maximum atomic E-state index is 14.5. The number of ketones is 1. The fraction of sp³-hybridized carbons (Fsp3) is 0.263. The summed E-state index contributed by atoms with van der Waals surface area (Å²) < 4.78 is 20.6. The second kappa shape index (κ2) is 8.35. The highest BCUT2D eigenvalue weighted by Gasteiger charge is 2.33. The Kier molecular flexibility index (Phi) is 6.63. The molecule has 1 atom stereocenters. The molecule has 4 nitrogen and oxygen atoms in total. The molecule has 138 valence electrons. The third kappa shape index (κ3) is 5.41. The van der Waals surface area contributed by atoms with Gasteiger partial charge in [-0.25, -0.2) is 9.18 Å². The molecule has 2 rings (SSSR count). The molecule has 0 bridgehead atoms. The van der Waals surface area contributed by atoms with Gasteiger partial charge in [0.25, 0.3) is 0 Å². The van der Waals surface area contributed by atoms with Gasteiger partial charge in [0.05, 0.1) is 5.92 Å². The number of nitrogens with two attached hydrogens (primary N) is 1. The van der Waals surface area contributed by atoms with Gasteiger partial charge in [-0.1, -0.05) is 29.8 Å². The molecule has 0 spiro atoms. The molecule has 0 radical (unpaired) electrons. The summed E-state index contributed by atoms with van der Waals surface area (Å²) in [6.07, 6.45) is -0.883. The topological polar surface area (TPSA) is 69.4 Å². The van der Waals surface area contributed by atoms with Crippen LogP contribution in [-0.4, -0.2) is 17.5 Å². The van der Waals surface area contributed by atoms with Crippen LogP contribution in [0.2, 0.25) is 5.02 Å². The van der Waals surface area contributed by atoms with Crippen molar-refractivity contribution in [3.8, 4) is 0 Å². The predicted octanol–water partition coefficient (Wildman–Crippen LogP) is 5.31.